The first-order valence-electron chi connectivity index (χ1n) is 10.3. The van der Waals surface area contributed by atoms with Crippen molar-refractivity contribution in [3.63, 3.8) is 0 Å². The summed E-state index contributed by atoms with van der Waals surface area (Å²) in [5, 5.41) is 5.96. The molecule has 1 aromatic rings. The van der Waals surface area contributed by atoms with Gasteiger partial charge in [-0.2, -0.15) is 0 Å². The number of amides is 3. The number of hydrogen-bond donors (Lipinski definition) is 2. The third-order valence-corrected chi connectivity index (χ3v) is 5.64. The molecule has 3 rings (SSSR count). The number of hydrogen-bond acceptors (Lipinski definition) is 4. The topological polar surface area (TPSA) is 67.9 Å². The van der Waals surface area contributed by atoms with Gasteiger partial charge in [-0.3, -0.25) is 4.79 Å². The number of piperazine rings is 1. The van der Waals surface area contributed by atoms with Crippen molar-refractivity contribution in [2.75, 3.05) is 58.2 Å². The maximum atomic E-state index is 12.5. The van der Waals surface area contributed by atoms with Crippen LogP contribution in [0.2, 0.25) is 0 Å². The van der Waals surface area contributed by atoms with Crippen molar-refractivity contribution in [1.29, 1.82) is 0 Å². The monoisotopic (exact) mass is 387 g/mol. The van der Waals surface area contributed by atoms with Crippen molar-refractivity contribution in [2.45, 2.75) is 32.7 Å². The zero-order valence-electron chi connectivity index (χ0n) is 17.2. The smallest absolute Gasteiger partial charge is 0.317 e. The molecule has 1 fully saturated rings. The molecule has 1 saturated heterocycles. The SMILES string of the molecule is CC(=O)Nc1cccc2c1CCN(C(=O)NCCCCN1CCN(C)CC1)C2. The van der Waals surface area contributed by atoms with Crippen LogP contribution >= 0.6 is 0 Å². The van der Waals surface area contributed by atoms with E-state index < -0.39 is 0 Å². The second-order valence-corrected chi connectivity index (χ2v) is 7.88. The van der Waals surface area contributed by atoms with Crippen LogP contribution in [0.15, 0.2) is 18.2 Å². The predicted molar refractivity (Wildman–Crippen MR) is 111 cm³/mol. The molecular formula is C21H33N5O2. The van der Waals surface area contributed by atoms with E-state index in [1.54, 1.807) is 0 Å². The highest BCUT2D eigenvalue weighted by Crippen LogP contribution is 2.26. The number of carbonyl (C=O) groups excluding carboxylic acids is 2. The molecule has 0 saturated carbocycles. The summed E-state index contributed by atoms with van der Waals surface area (Å²) in [5.41, 5.74) is 3.13. The Morgan fingerprint density at radius 1 is 1.07 bits per heavy atom. The van der Waals surface area contributed by atoms with Crippen LogP contribution in [0.4, 0.5) is 10.5 Å². The van der Waals surface area contributed by atoms with Gasteiger partial charge in [-0.15, -0.1) is 0 Å². The molecule has 7 heteroatoms. The number of likely N-dealkylation sites (N-methyl/N-ethyl adjacent to an activating group) is 1. The number of carbonyl (C=O) groups is 2. The van der Waals surface area contributed by atoms with Gasteiger partial charge in [0.25, 0.3) is 0 Å². The molecule has 0 atom stereocenters. The number of rotatable bonds is 6. The average Bonchev–Trinajstić information content (AvgIpc) is 2.68. The minimum Gasteiger partial charge on any atom is -0.338 e. The van der Waals surface area contributed by atoms with Gasteiger partial charge in [0.2, 0.25) is 5.91 Å². The van der Waals surface area contributed by atoms with Crippen molar-refractivity contribution in [3.8, 4) is 0 Å². The van der Waals surface area contributed by atoms with Crippen molar-refractivity contribution < 1.29 is 9.59 Å². The highest BCUT2D eigenvalue weighted by atomic mass is 16.2. The maximum absolute atomic E-state index is 12.5. The lowest BCUT2D eigenvalue weighted by Gasteiger charge is -2.32. The van der Waals surface area contributed by atoms with Crippen LogP contribution in [0.1, 0.15) is 30.9 Å². The molecule has 0 aromatic heterocycles. The lowest BCUT2D eigenvalue weighted by Crippen LogP contribution is -2.45. The highest BCUT2D eigenvalue weighted by molar-refractivity contribution is 5.90. The van der Waals surface area contributed by atoms with Crippen LogP contribution in [0.25, 0.3) is 0 Å². The Labute approximate surface area is 168 Å². The summed E-state index contributed by atoms with van der Waals surface area (Å²) in [6.07, 6.45) is 2.89. The minimum absolute atomic E-state index is 0.00942. The fourth-order valence-electron chi connectivity index (χ4n) is 3.93. The number of anilines is 1. The van der Waals surface area contributed by atoms with E-state index in [1.807, 2.05) is 23.1 Å². The summed E-state index contributed by atoms with van der Waals surface area (Å²) in [7, 11) is 2.17. The second-order valence-electron chi connectivity index (χ2n) is 7.88. The van der Waals surface area contributed by atoms with Crippen LogP contribution in [-0.4, -0.2) is 79.5 Å². The lowest BCUT2D eigenvalue weighted by molar-refractivity contribution is -0.114. The first kappa shape index (κ1) is 20.6. The lowest BCUT2D eigenvalue weighted by atomic mass is 9.98. The van der Waals surface area contributed by atoms with Gasteiger partial charge < -0.3 is 25.3 Å². The molecule has 0 bridgehead atoms. The summed E-state index contributed by atoms with van der Waals surface area (Å²) in [6, 6.07) is 5.91. The molecule has 3 amide bonds. The Bertz CT molecular complexity index is 685. The highest BCUT2D eigenvalue weighted by Gasteiger charge is 2.22. The van der Waals surface area contributed by atoms with Gasteiger partial charge in [0, 0.05) is 58.4 Å². The Kier molecular flexibility index (Phi) is 7.28. The third-order valence-electron chi connectivity index (χ3n) is 5.64. The van der Waals surface area contributed by atoms with Crippen LogP contribution in [0, 0.1) is 0 Å². The maximum Gasteiger partial charge on any atom is 0.317 e. The predicted octanol–water partition coefficient (Wildman–Crippen LogP) is 1.74. The van der Waals surface area contributed by atoms with Gasteiger partial charge in [0.15, 0.2) is 0 Å². The first-order chi connectivity index (χ1) is 13.5. The molecular weight excluding hydrogens is 354 g/mol. The summed E-state index contributed by atoms with van der Waals surface area (Å²) < 4.78 is 0. The standard InChI is InChI=1S/C21H33N5O2/c1-17(27)23-20-7-5-6-18-16-26(11-8-19(18)20)21(28)22-9-3-4-10-25-14-12-24(2)13-15-25/h5-7H,3-4,8-16H2,1-2H3,(H,22,28)(H,23,27). The van der Waals surface area contributed by atoms with Crippen LogP contribution in [-0.2, 0) is 17.8 Å². The molecule has 2 N–H and O–H groups in total. The van der Waals surface area contributed by atoms with Gasteiger partial charge in [0.05, 0.1) is 0 Å². The summed E-state index contributed by atoms with van der Waals surface area (Å²) in [6.45, 7) is 9.23. The second kappa shape index (κ2) is 9.89. The molecule has 2 aliphatic rings. The number of nitrogens with zero attached hydrogens (tertiary/aromatic N) is 3. The van der Waals surface area contributed by atoms with Crippen molar-refractivity contribution in [1.82, 2.24) is 20.0 Å². The van der Waals surface area contributed by atoms with Gasteiger partial charge >= 0.3 is 6.03 Å². The van der Waals surface area contributed by atoms with Crippen LogP contribution in [0.3, 0.4) is 0 Å². The quantitative estimate of drug-likeness (QED) is 0.730. The number of urea groups is 1. The molecule has 0 spiro atoms. The number of unbranched alkanes of at least 4 members (excludes halogenated alkanes) is 1. The number of fused-ring (bicyclic) bond motifs is 1. The van der Waals surface area contributed by atoms with Crippen LogP contribution < -0.4 is 10.6 Å². The summed E-state index contributed by atoms with van der Waals surface area (Å²) in [4.78, 5) is 30.6. The van der Waals surface area contributed by atoms with Crippen molar-refractivity contribution in [2.24, 2.45) is 0 Å². The number of benzene rings is 1. The molecule has 154 valence electrons. The van der Waals surface area contributed by atoms with E-state index >= 15 is 0 Å². The molecule has 2 aliphatic heterocycles. The Morgan fingerprint density at radius 3 is 2.61 bits per heavy atom. The average molecular weight is 388 g/mol. The van der Waals surface area contributed by atoms with Crippen molar-refractivity contribution in [3.05, 3.63) is 29.3 Å². The summed E-state index contributed by atoms with van der Waals surface area (Å²) >= 11 is 0. The normalized spacial score (nSPS) is 17.9. The van der Waals surface area contributed by atoms with Crippen molar-refractivity contribution >= 4 is 17.6 Å². The van der Waals surface area contributed by atoms with E-state index in [0.29, 0.717) is 13.1 Å². The van der Waals surface area contributed by atoms with Gasteiger partial charge in [-0.05, 0) is 50.0 Å². The van der Waals surface area contributed by atoms with E-state index in [2.05, 4.69) is 27.5 Å². The first-order valence-corrected chi connectivity index (χ1v) is 10.3. The van der Waals surface area contributed by atoms with Gasteiger partial charge in [0.1, 0.15) is 0 Å². The molecule has 0 aliphatic carbocycles. The molecule has 0 unspecified atom stereocenters. The Hall–Kier alpha value is -2.12. The molecule has 2 heterocycles. The Balaban J connectivity index is 1.38. The van der Waals surface area contributed by atoms with E-state index in [0.717, 1.165) is 75.3 Å². The molecule has 0 radical (unpaired) electrons. The van der Waals surface area contributed by atoms with Crippen LogP contribution in [0.5, 0.6) is 0 Å². The molecule has 28 heavy (non-hydrogen) atoms. The van der Waals surface area contributed by atoms with Gasteiger partial charge in [-0.25, -0.2) is 4.79 Å². The van der Waals surface area contributed by atoms with Gasteiger partial charge in [-0.1, -0.05) is 12.1 Å². The molecule has 1 aromatic carbocycles. The third kappa shape index (κ3) is 5.69. The Morgan fingerprint density at radius 2 is 1.86 bits per heavy atom. The minimum atomic E-state index is -0.0647. The van der Waals surface area contributed by atoms with E-state index in [4.69, 9.17) is 0 Å². The fourth-order valence-corrected chi connectivity index (χ4v) is 3.93. The fraction of sp³-hybridized carbons (Fsp3) is 0.619. The van der Waals surface area contributed by atoms with E-state index in [-0.39, 0.29) is 11.9 Å². The van der Waals surface area contributed by atoms with E-state index in [1.165, 1.54) is 6.92 Å². The summed E-state index contributed by atoms with van der Waals surface area (Å²) in [5.74, 6) is -0.0647. The number of nitrogens with one attached hydrogen (secondary N) is 2. The molecule has 7 nitrogen and oxygen atoms in total. The zero-order valence-corrected chi connectivity index (χ0v) is 17.2. The zero-order chi connectivity index (χ0) is 19.9. The van der Waals surface area contributed by atoms with E-state index in [9.17, 15) is 9.59 Å². The largest absolute Gasteiger partial charge is 0.338 e.